The van der Waals surface area contributed by atoms with Gasteiger partial charge in [0.05, 0.1) is 24.0 Å². The Morgan fingerprint density at radius 2 is 1.94 bits per heavy atom. The molecule has 160 valence electrons. The summed E-state index contributed by atoms with van der Waals surface area (Å²) in [4.78, 5) is 29.1. The fourth-order valence-corrected chi connectivity index (χ4v) is 4.14. The summed E-state index contributed by atoms with van der Waals surface area (Å²) in [6, 6.07) is 10.6. The molecule has 11 heteroatoms. The molecule has 0 saturated carbocycles. The second-order valence-electron chi connectivity index (χ2n) is 7.32. The van der Waals surface area contributed by atoms with Crippen LogP contribution in [0.2, 0.25) is 0 Å². The van der Waals surface area contributed by atoms with E-state index in [1.165, 1.54) is 0 Å². The minimum absolute atomic E-state index is 0.332. The fraction of sp³-hybridized carbons (Fsp3) is 0.200. The van der Waals surface area contributed by atoms with Gasteiger partial charge in [-0.05, 0) is 42.8 Å². The van der Waals surface area contributed by atoms with E-state index in [-0.39, 0.29) is 5.91 Å². The molecule has 1 aromatic heterocycles. The summed E-state index contributed by atoms with van der Waals surface area (Å²) in [7, 11) is -3.48. The summed E-state index contributed by atoms with van der Waals surface area (Å²) in [5.74, 6) is -1.14. The number of sulfonamides is 1. The Hall–Kier alpha value is -3.73. The molecule has 3 aromatic rings. The number of fused-ring (bicyclic) bond motifs is 1. The molecule has 0 saturated heterocycles. The number of aliphatic imine (C=N–C) groups is 1. The molecule has 0 spiro atoms. The van der Waals surface area contributed by atoms with Crippen molar-refractivity contribution in [3.05, 3.63) is 54.2 Å². The molecule has 0 radical (unpaired) electrons. The highest BCUT2D eigenvalue weighted by Gasteiger charge is 2.37. The van der Waals surface area contributed by atoms with Gasteiger partial charge in [-0.25, -0.2) is 18.2 Å². The number of carbonyl (C=O) groups excluding carboxylic acids is 2. The zero-order valence-corrected chi connectivity index (χ0v) is 17.5. The molecule has 10 nitrogen and oxygen atoms in total. The van der Waals surface area contributed by atoms with Gasteiger partial charge in [0.15, 0.2) is 0 Å². The normalized spacial score (nSPS) is 18.9. The van der Waals surface area contributed by atoms with Crippen LogP contribution >= 0.6 is 0 Å². The third-order valence-corrected chi connectivity index (χ3v) is 5.49. The van der Waals surface area contributed by atoms with Crippen molar-refractivity contribution in [2.24, 2.45) is 10.9 Å². The van der Waals surface area contributed by atoms with Gasteiger partial charge in [0, 0.05) is 22.5 Å². The predicted octanol–water partition coefficient (Wildman–Crippen LogP) is 2.41. The van der Waals surface area contributed by atoms with Crippen LogP contribution in [0, 0.1) is 5.92 Å². The number of urea groups is 1. The van der Waals surface area contributed by atoms with Gasteiger partial charge in [0.1, 0.15) is 5.92 Å². The van der Waals surface area contributed by atoms with E-state index in [2.05, 4.69) is 30.5 Å². The number of rotatable bonds is 5. The predicted molar refractivity (Wildman–Crippen MR) is 118 cm³/mol. The van der Waals surface area contributed by atoms with E-state index in [0.717, 1.165) is 17.2 Å². The maximum Gasteiger partial charge on any atom is 0.341 e. The number of benzene rings is 2. The highest BCUT2D eigenvalue weighted by atomic mass is 32.2. The molecule has 1 aliphatic rings. The quantitative estimate of drug-likeness (QED) is 0.481. The van der Waals surface area contributed by atoms with Crippen molar-refractivity contribution in [2.45, 2.75) is 13.0 Å². The van der Waals surface area contributed by atoms with Crippen molar-refractivity contribution in [3.8, 4) is 0 Å². The third kappa shape index (κ3) is 4.56. The van der Waals surface area contributed by atoms with Gasteiger partial charge in [-0.1, -0.05) is 12.1 Å². The second kappa shape index (κ2) is 7.84. The molecule has 0 bridgehead atoms. The number of hydrogen-bond donors (Lipinski definition) is 4. The number of hydrogen-bond acceptors (Lipinski definition) is 5. The van der Waals surface area contributed by atoms with E-state index in [9.17, 15) is 18.0 Å². The summed E-state index contributed by atoms with van der Waals surface area (Å²) in [6.45, 7) is 1.62. The molecule has 2 aromatic carbocycles. The van der Waals surface area contributed by atoms with Crippen molar-refractivity contribution in [2.75, 3.05) is 16.3 Å². The van der Waals surface area contributed by atoms with Crippen molar-refractivity contribution in [1.82, 2.24) is 15.5 Å². The first kappa shape index (κ1) is 20.5. The molecule has 2 heterocycles. The van der Waals surface area contributed by atoms with Crippen LogP contribution in [0.25, 0.3) is 10.9 Å². The van der Waals surface area contributed by atoms with Gasteiger partial charge in [-0.15, -0.1) is 0 Å². The standard InChI is InChI=1S/C20H20N6O4S/c1-11-17(19(27)23-14-6-7-16-13(9-14)10-21-25-16)18(24-20(28)22-11)12-4-3-5-15(8-12)26-31(2,29)30/h3-10,17-18,26H,1-2H3,(H,21,25)(H,23,27)(H,24,28). The Labute approximate surface area is 178 Å². The topological polar surface area (TPSA) is 145 Å². The number of H-pyrrole nitrogens is 1. The first-order valence-corrected chi connectivity index (χ1v) is 11.3. The van der Waals surface area contributed by atoms with Crippen LogP contribution in [0.5, 0.6) is 0 Å². The van der Waals surface area contributed by atoms with E-state index in [1.807, 2.05) is 0 Å². The van der Waals surface area contributed by atoms with E-state index < -0.39 is 28.0 Å². The molecule has 0 aliphatic carbocycles. The lowest BCUT2D eigenvalue weighted by Crippen LogP contribution is -2.45. The summed E-state index contributed by atoms with van der Waals surface area (Å²) < 4.78 is 25.5. The van der Waals surface area contributed by atoms with Crippen LogP contribution in [-0.2, 0) is 14.8 Å². The zero-order chi connectivity index (χ0) is 22.2. The molecule has 4 rings (SSSR count). The van der Waals surface area contributed by atoms with Crippen LogP contribution in [0.3, 0.4) is 0 Å². The van der Waals surface area contributed by atoms with Crippen molar-refractivity contribution in [1.29, 1.82) is 0 Å². The van der Waals surface area contributed by atoms with Crippen LogP contribution in [0.1, 0.15) is 18.5 Å². The lowest BCUT2D eigenvalue weighted by molar-refractivity contribution is -0.118. The Balaban J connectivity index is 1.65. The molecule has 1 aliphatic heterocycles. The smallest absolute Gasteiger partial charge is 0.328 e. The molecule has 4 N–H and O–H groups in total. The van der Waals surface area contributed by atoms with Crippen LogP contribution in [0.15, 0.2) is 53.7 Å². The van der Waals surface area contributed by atoms with Gasteiger partial charge in [0.25, 0.3) is 0 Å². The molecular formula is C20H20N6O4S. The number of nitrogens with zero attached hydrogens (tertiary/aromatic N) is 2. The van der Waals surface area contributed by atoms with Crippen LogP contribution in [0.4, 0.5) is 16.2 Å². The summed E-state index contributed by atoms with van der Waals surface area (Å²) in [5.41, 5.74) is 2.68. The van der Waals surface area contributed by atoms with Gasteiger partial charge in [-0.2, -0.15) is 5.10 Å². The fourth-order valence-electron chi connectivity index (χ4n) is 3.59. The average Bonchev–Trinajstić information content (AvgIpc) is 3.14. The van der Waals surface area contributed by atoms with E-state index >= 15 is 0 Å². The highest BCUT2D eigenvalue weighted by Crippen LogP contribution is 2.30. The number of nitrogens with one attached hydrogen (secondary N) is 4. The monoisotopic (exact) mass is 440 g/mol. The lowest BCUT2D eigenvalue weighted by atomic mass is 9.87. The number of aromatic nitrogens is 2. The van der Waals surface area contributed by atoms with E-state index in [0.29, 0.717) is 22.6 Å². The van der Waals surface area contributed by atoms with Gasteiger partial charge < -0.3 is 10.6 Å². The maximum atomic E-state index is 13.2. The summed E-state index contributed by atoms with van der Waals surface area (Å²) in [6.07, 6.45) is 2.70. The maximum absolute atomic E-state index is 13.2. The Kier molecular flexibility index (Phi) is 5.19. The van der Waals surface area contributed by atoms with Gasteiger partial charge in [-0.3, -0.25) is 14.6 Å². The van der Waals surface area contributed by atoms with E-state index in [4.69, 9.17) is 0 Å². The Morgan fingerprint density at radius 3 is 2.71 bits per heavy atom. The number of aromatic amines is 1. The van der Waals surface area contributed by atoms with Gasteiger partial charge >= 0.3 is 6.03 Å². The molecule has 0 fully saturated rings. The molecule has 2 atom stereocenters. The second-order valence-corrected chi connectivity index (χ2v) is 9.07. The molecule has 2 unspecified atom stereocenters. The largest absolute Gasteiger partial charge is 0.341 e. The first-order chi connectivity index (χ1) is 14.7. The number of anilines is 2. The average molecular weight is 440 g/mol. The van der Waals surface area contributed by atoms with Crippen molar-refractivity contribution in [3.63, 3.8) is 0 Å². The van der Waals surface area contributed by atoms with Crippen molar-refractivity contribution < 1.29 is 18.0 Å². The van der Waals surface area contributed by atoms with Crippen LogP contribution in [-0.4, -0.2) is 42.5 Å². The number of amides is 3. The Bertz CT molecular complexity index is 1310. The minimum Gasteiger partial charge on any atom is -0.328 e. The first-order valence-electron chi connectivity index (χ1n) is 9.37. The molecule has 31 heavy (non-hydrogen) atoms. The zero-order valence-electron chi connectivity index (χ0n) is 16.7. The van der Waals surface area contributed by atoms with E-state index in [1.54, 1.807) is 55.6 Å². The van der Waals surface area contributed by atoms with Gasteiger partial charge in [0.2, 0.25) is 15.9 Å². The number of carbonyl (C=O) groups is 2. The van der Waals surface area contributed by atoms with Crippen LogP contribution < -0.4 is 15.4 Å². The molecular weight excluding hydrogens is 420 g/mol. The van der Waals surface area contributed by atoms with Crippen molar-refractivity contribution >= 4 is 50.0 Å². The summed E-state index contributed by atoms with van der Waals surface area (Å²) >= 11 is 0. The third-order valence-electron chi connectivity index (χ3n) is 4.88. The molecule has 3 amide bonds. The highest BCUT2D eigenvalue weighted by molar-refractivity contribution is 7.92. The Morgan fingerprint density at radius 1 is 1.13 bits per heavy atom. The minimum atomic E-state index is -3.48. The SMILES string of the molecule is CC1=NC(=O)NC(c2cccc(NS(C)(=O)=O)c2)C1C(=O)Nc1ccc2[nH]ncc2c1. The summed E-state index contributed by atoms with van der Waals surface area (Å²) in [5, 5.41) is 13.2. The lowest BCUT2D eigenvalue weighted by Gasteiger charge is -2.30.